The third kappa shape index (κ3) is 4.53. The lowest BCUT2D eigenvalue weighted by atomic mass is 10.1. The second-order valence-electron chi connectivity index (χ2n) is 4.98. The first kappa shape index (κ1) is 15.4. The molecule has 1 atom stereocenters. The summed E-state index contributed by atoms with van der Waals surface area (Å²) < 4.78 is 31.6. The quantitative estimate of drug-likeness (QED) is 0.853. The van der Waals surface area contributed by atoms with E-state index in [1.165, 1.54) is 18.0 Å². The van der Waals surface area contributed by atoms with Crippen LogP contribution in [0.15, 0.2) is 36.7 Å². The van der Waals surface area contributed by atoms with Gasteiger partial charge in [-0.25, -0.2) is 4.98 Å². The molecule has 2 aromatic rings. The van der Waals surface area contributed by atoms with Crippen molar-refractivity contribution in [1.82, 2.24) is 9.55 Å². The van der Waals surface area contributed by atoms with Gasteiger partial charge in [-0.15, -0.1) is 0 Å². The number of imidazole rings is 1. The van der Waals surface area contributed by atoms with Crippen molar-refractivity contribution < 1.29 is 13.5 Å². The van der Waals surface area contributed by atoms with Crippen LogP contribution >= 0.6 is 0 Å². The SMILES string of the molecule is CC(N)CCc1ccc(OCc2nccn2C(F)F)cc1. The zero-order chi connectivity index (χ0) is 15.2. The van der Waals surface area contributed by atoms with Gasteiger partial charge in [-0.1, -0.05) is 12.1 Å². The van der Waals surface area contributed by atoms with Crippen LogP contribution in [0.25, 0.3) is 0 Å². The van der Waals surface area contributed by atoms with Crippen molar-refractivity contribution in [2.45, 2.75) is 39.0 Å². The minimum absolute atomic E-state index is 0.0104. The molecule has 0 amide bonds. The van der Waals surface area contributed by atoms with Crippen molar-refractivity contribution in [3.8, 4) is 5.75 Å². The molecule has 0 saturated carbocycles. The molecule has 0 aliphatic carbocycles. The fourth-order valence-electron chi connectivity index (χ4n) is 1.93. The van der Waals surface area contributed by atoms with Crippen molar-refractivity contribution in [1.29, 1.82) is 0 Å². The zero-order valence-electron chi connectivity index (χ0n) is 11.9. The highest BCUT2D eigenvalue weighted by Crippen LogP contribution is 2.17. The second kappa shape index (κ2) is 7.17. The summed E-state index contributed by atoms with van der Waals surface area (Å²) in [4.78, 5) is 3.86. The molecule has 1 aromatic heterocycles. The Bertz CT molecular complexity index is 552. The number of ether oxygens (including phenoxy) is 1. The average Bonchev–Trinajstić information content (AvgIpc) is 2.92. The lowest BCUT2D eigenvalue weighted by Gasteiger charge is -2.09. The van der Waals surface area contributed by atoms with Crippen molar-refractivity contribution >= 4 is 0 Å². The van der Waals surface area contributed by atoms with Crippen LogP contribution in [0.2, 0.25) is 0 Å². The molecule has 114 valence electrons. The predicted octanol–water partition coefficient (Wildman–Crippen LogP) is 3.14. The molecule has 1 aromatic carbocycles. The summed E-state index contributed by atoms with van der Waals surface area (Å²) in [5, 5.41) is 0. The number of nitrogens with zero attached hydrogens (tertiary/aromatic N) is 2. The molecule has 21 heavy (non-hydrogen) atoms. The number of hydrogen-bond donors (Lipinski definition) is 1. The fourth-order valence-corrected chi connectivity index (χ4v) is 1.93. The van der Waals surface area contributed by atoms with Gasteiger partial charge in [0.15, 0.2) is 5.82 Å². The van der Waals surface area contributed by atoms with Crippen LogP contribution in [-0.4, -0.2) is 15.6 Å². The summed E-state index contributed by atoms with van der Waals surface area (Å²) in [6, 6.07) is 7.74. The molecular weight excluding hydrogens is 276 g/mol. The minimum Gasteiger partial charge on any atom is -0.486 e. The van der Waals surface area contributed by atoms with Gasteiger partial charge in [0.05, 0.1) is 0 Å². The zero-order valence-corrected chi connectivity index (χ0v) is 11.9. The van der Waals surface area contributed by atoms with E-state index in [4.69, 9.17) is 10.5 Å². The Morgan fingerprint density at radius 3 is 2.62 bits per heavy atom. The van der Waals surface area contributed by atoms with Gasteiger partial charge in [0, 0.05) is 18.4 Å². The van der Waals surface area contributed by atoms with Crippen LogP contribution in [0.1, 0.15) is 31.3 Å². The largest absolute Gasteiger partial charge is 0.486 e. The first-order valence-corrected chi connectivity index (χ1v) is 6.83. The van der Waals surface area contributed by atoms with Gasteiger partial charge in [-0.05, 0) is 37.5 Å². The molecule has 0 bridgehead atoms. The molecule has 0 aliphatic heterocycles. The Balaban J connectivity index is 1.90. The molecule has 0 spiro atoms. The van der Waals surface area contributed by atoms with Crippen LogP contribution in [0.3, 0.4) is 0 Å². The van der Waals surface area contributed by atoms with Gasteiger partial charge in [0.25, 0.3) is 0 Å². The topological polar surface area (TPSA) is 53.1 Å². The highest BCUT2D eigenvalue weighted by molar-refractivity contribution is 5.27. The average molecular weight is 295 g/mol. The van der Waals surface area contributed by atoms with Crippen molar-refractivity contribution in [2.24, 2.45) is 5.73 Å². The summed E-state index contributed by atoms with van der Waals surface area (Å²) in [5.41, 5.74) is 6.89. The Morgan fingerprint density at radius 1 is 1.29 bits per heavy atom. The van der Waals surface area contributed by atoms with Gasteiger partial charge < -0.3 is 10.5 Å². The molecule has 4 nitrogen and oxygen atoms in total. The number of benzene rings is 1. The van der Waals surface area contributed by atoms with E-state index in [0.29, 0.717) is 5.75 Å². The van der Waals surface area contributed by atoms with Crippen LogP contribution in [0.4, 0.5) is 8.78 Å². The Kier molecular flexibility index (Phi) is 5.27. The summed E-state index contributed by atoms with van der Waals surface area (Å²) >= 11 is 0. The van der Waals surface area contributed by atoms with E-state index in [9.17, 15) is 8.78 Å². The van der Waals surface area contributed by atoms with E-state index in [2.05, 4.69) is 4.98 Å². The van der Waals surface area contributed by atoms with Gasteiger partial charge in [0.2, 0.25) is 0 Å². The van der Waals surface area contributed by atoms with E-state index >= 15 is 0 Å². The Hall–Kier alpha value is -1.95. The molecule has 1 unspecified atom stereocenters. The van der Waals surface area contributed by atoms with Crippen LogP contribution in [0.5, 0.6) is 5.75 Å². The third-order valence-electron chi connectivity index (χ3n) is 3.14. The van der Waals surface area contributed by atoms with Crippen molar-refractivity contribution in [3.63, 3.8) is 0 Å². The van der Waals surface area contributed by atoms with E-state index in [1.807, 2.05) is 31.2 Å². The normalized spacial score (nSPS) is 12.6. The van der Waals surface area contributed by atoms with Gasteiger partial charge >= 0.3 is 6.55 Å². The molecule has 0 aliphatic rings. The molecule has 0 fully saturated rings. The van der Waals surface area contributed by atoms with Gasteiger partial charge in [-0.3, -0.25) is 4.57 Å². The molecular formula is C15H19F2N3O. The number of rotatable bonds is 7. The fraction of sp³-hybridized carbons (Fsp3) is 0.400. The van der Waals surface area contributed by atoms with Gasteiger partial charge in [-0.2, -0.15) is 8.78 Å². The first-order chi connectivity index (χ1) is 10.1. The number of hydrogen-bond acceptors (Lipinski definition) is 3. The Morgan fingerprint density at radius 2 is 2.00 bits per heavy atom. The van der Waals surface area contributed by atoms with E-state index < -0.39 is 6.55 Å². The highest BCUT2D eigenvalue weighted by Gasteiger charge is 2.11. The minimum atomic E-state index is -2.60. The summed E-state index contributed by atoms with van der Waals surface area (Å²) in [6.45, 7) is -0.620. The lowest BCUT2D eigenvalue weighted by Crippen LogP contribution is -2.15. The summed E-state index contributed by atoms with van der Waals surface area (Å²) in [6.07, 6.45) is 4.40. The number of aryl methyl sites for hydroxylation is 1. The second-order valence-corrected chi connectivity index (χ2v) is 4.98. The third-order valence-corrected chi connectivity index (χ3v) is 3.14. The molecule has 2 rings (SSSR count). The maximum Gasteiger partial charge on any atom is 0.320 e. The molecule has 0 saturated heterocycles. The molecule has 6 heteroatoms. The van der Waals surface area contributed by atoms with Crippen LogP contribution in [-0.2, 0) is 13.0 Å². The molecule has 0 radical (unpaired) electrons. The van der Waals surface area contributed by atoms with Crippen molar-refractivity contribution in [2.75, 3.05) is 0 Å². The Labute approximate surface area is 122 Å². The maximum absolute atomic E-state index is 12.6. The summed E-state index contributed by atoms with van der Waals surface area (Å²) in [7, 11) is 0. The standard InChI is InChI=1S/C15H19F2N3O/c1-11(18)2-3-12-4-6-13(7-5-12)21-10-14-19-8-9-20(14)15(16)17/h4-9,11,15H,2-3,10,18H2,1H3. The number of aromatic nitrogens is 2. The first-order valence-electron chi connectivity index (χ1n) is 6.83. The predicted molar refractivity (Wildman–Crippen MR) is 76.2 cm³/mol. The van der Waals surface area contributed by atoms with E-state index in [1.54, 1.807) is 0 Å². The number of halogens is 2. The van der Waals surface area contributed by atoms with Crippen LogP contribution < -0.4 is 10.5 Å². The maximum atomic E-state index is 12.6. The van der Waals surface area contributed by atoms with Crippen molar-refractivity contribution in [3.05, 3.63) is 48.0 Å². The number of nitrogens with two attached hydrogens (primary N) is 1. The molecule has 1 heterocycles. The van der Waals surface area contributed by atoms with E-state index in [-0.39, 0.29) is 18.5 Å². The van der Waals surface area contributed by atoms with Gasteiger partial charge in [0.1, 0.15) is 12.4 Å². The smallest absolute Gasteiger partial charge is 0.320 e. The highest BCUT2D eigenvalue weighted by atomic mass is 19.3. The van der Waals surface area contributed by atoms with E-state index in [0.717, 1.165) is 17.4 Å². The molecule has 2 N–H and O–H groups in total. The lowest BCUT2D eigenvalue weighted by molar-refractivity contribution is 0.0632. The van der Waals surface area contributed by atoms with Crippen LogP contribution in [0, 0.1) is 0 Å². The monoisotopic (exact) mass is 295 g/mol. The number of alkyl halides is 2. The summed E-state index contributed by atoms with van der Waals surface area (Å²) in [5.74, 6) is 0.828.